The summed E-state index contributed by atoms with van der Waals surface area (Å²) in [7, 11) is 0. The Kier molecular flexibility index (Phi) is 3.30. The van der Waals surface area contributed by atoms with Crippen molar-refractivity contribution in [1.29, 1.82) is 0 Å². The molecule has 2 heterocycles. The fraction of sp³-hybridized carbons (Fsp3) is 0.0769. The second-order valence-corrected chi connectivity index (χ2v) is 4.48. The van der Waals surface area contributed by atoms with Crippen LogP contribution in [-0.4, -0.2) is 30.9 Å². The third-order valence-corrected chi connectivity index (χ3v) is 3.14. The standard InChI is InChI=1S/C13H11ClN6/c1-10-12(7-17-19-8-15-16-9-19)13(14)20(18-10)11-5-3-2-4-6-11/h2-9H,1H3/b17-7+. The van der Waals surface area contributed by atoms with E-state index in [4.69, 9.17) is 11.6 Å². The first-order valence-corrected chi connectivity index (χ1v) is 6.33. The van der Waals surface area contributed by atoms with Gasteiger partial charge in [-0.2, -0.15) is 10.2 Å². The molecule has 3 aromatic rings. The van der Waals surface area contributed by atoms with Gasteiger partial charge in [0, 0.05) is 0 Å². The van der Waals surface area contributed by atoms with Gasteiger partial charge in [-0.1, -0.05) is 29.8 Å². The molecule has 0 atom stereocenters. The van der Waals surface area contributed by atoms with Gasteiger partial charge >= 0.3 is 0 Å². The monoisotopic (exact) mass is 286 g/mol. The van der Waals surface area contributed by atoms with Gasteiger partial charge in [-0.3, -0.25) is 0 Å². The highest BCUT2D eigenvalue weighted by molar-refractivity contribution is 6.32. The molecule has 0 aliphatic carbocycles. The number of rotatable bonds is 3. The van der Waals surface area contributed by atoms with Crippen LogP contribution in [0.2, 0.25) is 5.15 Å². The summed E-state index contributed by atoms with van der Waals surface area (Å²) in [5.41, 5.74) is 2.48. The van der Waals surface area contributed by atoms with Gasteiger partial charge in [0.1, 0.15) is 17.8 Å². The van der Waals surface area contributed by atoms with E-state index in [1.165, 1.54) is 17.3 Å². The lowest BCUT2D eigenvalue weighted by atomic mass is 10.3. The molecule has 2 aromatic heterocycles. The number of nitrogens with zero attached hydrogens (tertiary/aromatic N) is 6. The molecule has 0 radical (unpaired) electrons. The Hall–Kier alpha value is -2.47. The van der Waals surface area contributed by atoms with Gasteiger partial charge in [0.2, 0.25) is 0 Å². The number of halogens is 1. The number of benzene rings is 1. The maximum atomic E-state index is 6.37. The molecular weight excluding hydrogens is 276 g/mol. The van der Waals surface area contributed by atoms with Gasteiger partial charge in [-0.15, -0.1) is 10.2 Å². The molecule has 0 saturated carbocycles. The highest BCUT2D eigenvalue weighted by Crippen LogP contribution is 2.21. The molecule has 0 N–H and O–H groups in total. The largest absolute Gasteiger partial charge is 0.221 e. The Bertz CT molecular complexity index is 730. The fourth-order valence-electron chi connectivity index (χ4n) is 1.78. The zero-order chi connectivity index (χ0) is 13.9. The number of para-hydroxylation sites is 1. The first kappa shape index (κ1) is 12.6. The van der Waals surface area contributed by atoms with Crippen molar-refractivity contribution >= 4 is 17.8 Å². The molecule has 100 valence electrons. The molecule has 20 heavy (non-hydrogen) atoms. The van der Waals surface area contributed by atoms with E-state index >= 15 is 0 Å². The van der Waals surface area contributed by atoms with Crippen molar-refractivity contribution in [3.05, 3.63) is 59.4 Å². The smallest absolute Gasteiger partial charge is 0.142 e. The minimum absolute atomic E-state index is 0.519. The molecule has 0 aliphatic heterocycles. The first-order chi connectivity index (χ1) is 9.75. The van der Waals surface area contributed by atoms with E-state index in [0.29, 0.717) is 5.15 Å². The van der Waals surface area contributed by atoms with Crippen LogP contribution in [0.4, 0.5) is 0 Å². The third kappa shape index (κ3) is 2.33. The van der Waals surface area contributed by atoms with E-state index in [2.05, 4.69) is 20.4 Å². The van der Waals surface area contributed by atoms with Crippen LogP contribution in [0.5, 0.6) is 0 Å². The third-order valence-electron chi connectivity index (χ3n) is 2.78. The van der Waals surface area contributed by atoms with Crippen LogP contribution < -0.4 is 0 Å². The van der Waals surface area contributed by atoms with Crippen LogP contribution in [0.3, 0.4) is 0 Å². The summed E-state index contributed by atoms with van der Waals surface area (Å²) in [6.45, 7) is 1.89. The Labute approximate surface area is 120 Å². The maximum Gasteiger partial charge on any atom is 0.142 e. The summed E-state index contributed by atoms with van der Waals surface area (Å²) in [6.07, 6.45) is 4.65. The van der Waals surface area contributed by atoms with E-state index in [1.54, 1.807) is 10.9 Å². The summed E-state index contributed by atoms with van der Waals surface area (Å²) in [6, 6.07) is 9.71. The molecule has 0 saturated heterocycles. The second kappa shape index (κ2) is 5.26. The van der Waals surface area contributed by atoms with Crippen molar-refractivity contribution in [3.8, 4) is 5.69 Å². The minimum Gasteiger partial charge on any atom is -0.221 e. The van der Waals surface area contributed by atoms with Gasteiger partial charge in [-0.05, 0) is 19.1 Å². The van der Waals surface area contributed by atoms with Crippen molar-refractivity contribution in [2.24, 2.45) is 5.10 Å². The average Bonchev–Trinajstić information content (AvgIpc) is 3.07. The maximum absolute atomic E-state index is 6.37. The van der Waals surface area contributed by atoms with Gasteiger partial charge in [-0.25, -0.2) is 9.36 Å². The highest BCUT2D eigenvalue weighted by atomic mass is 35.5. The fourth-order valence-corrected chi connectivity index (χ4v) is 2.10. The van der Waals surface area contributed by atoms with Gasteiger partial charge in [0.15, 0.2) is 0 Å². The minimum atomic E-state index is 0.519. The van der Waals surface area contributed by atoms with Crippen molar-refractivity contribution in [1.82, 2.24) is 24.7 Å². The molecule has 0 aliphatic rings. The van der Waals surface area contributed by atoms with Crippen LogP contribution in [0, 0.1) is 6.92 Å². The molecule has 3 rings (SSSR count). The zero-order valence-corrected chi connectivity index (χ0v) is 11.4. The summed E-state index contributed by atoms with van der Waals surface area (Å²) in [5, 5.41) is 16.5. The van der Waals surface area contributed by atoms with E-state index in [1.807, 2.05) is 37.3 Å². The van der Waals surface area contributed by atoms with Crippen LogP contribution in [0.15, 0.2) is 48.1 Å². The van der Waals surface area contributed by atoms with Gasteiger partial charge < -0.3 is 0 Å². The molecule has 0 bridgehead atoms. The van der Waals surface area contributed by atoms with Crippen molar-refractivity contribution in [2.45, 2.75) is 6.92 Å². The van der Waals surface area contributed by atoms with Crippen LogP contribution in [0.1, 0.15) is 11.3 Å². The molecular formula is C13H11ClN6. The average molecular weight is 287 g/mol. The lowest BCUT2D eigenvalue weighted by molar-refractivity contribution is 0.863. The predicted octanol–water partition coefficient (Wildman–Crippen LogP) is 2.31. The number of hydrogen-bond donors (Lipinski definition) is 0. The zero-order valence-electron chi connectivity index (χ0n) is 10.7. The Morgan fingerprint density at radius 1 is 1.15 bits per heavy atom. The number of aromatic nitrogens is 5. The summed E-state index contributed by atoms with van der Waals surface area (Å²) < 4.78 is 3.18. The highest BCUT2D eigenvalue weighted by Gasteiger charge is 2.12. The molecule has 6 nitrogen and oxygen atoms in total. The molecule has 7 heteroatoms. The molecule has 1 aromatic carbocycles. The van der Waals surface area contributed by atoms with Crippen molar-refractivity contribution in [2.75, 3.05) is 0 Å². The normalized spacial score (nSPS) is 11.3. The van der Waals surface area contributed by atoms with E-state index in [0.717, 1.165) is 16.9 Å². The molecule has 0 unspecified atom stereocenters. The summed E-state index contributed by atoms with van der Waals surface area (Å²) in [4.78, 5) is 0. The number of hydrogen-bond acceptors (Lipinski definition) is 4. The molecule has 0 amide bonds. The first-order valence-electron chi connectivity index (χ1n) is 5.95. The van der Waals surface area contributed by atoms with E-state index < -0.39 is 0 Å². The molecule has 0 fully saturated rings. The van der Waals surface area contributed by atoms with Crippen LogP contribution in [-0.2, 0) is 0 Å². The van der Waals surface area contributed by atoms with Crippen molar-refractivity contribution in [3.63, 3.8) is 0 Å². The Morgan fingerprint density at radius 3 is 2.55 bits per heavy atom. The predicted molar refractivity (Wildman–Crippen MR) is 76.3 cm³/mol. The topological polar surface area (TPSA) is 60.9 Å². The van der Waals surface area contributed by atoms with Crippen LogP contribution in [0.25, 0.3) is 5.69 Å². The van der Waals surface area contributed by atoms with Gasteiger partial charge in [0.05, 0.1) is 23.2 Å². The van der Waals surface area contributed by atoms with E-state index in [9.17, 15) is 0 Å². The van der Waals surface area contributed by atoms with Gasteiger partial charge in [0.25, 0.3) is 0 Å². The SMILES string of the molecule is Cc1nn(-c2ccccc2)c(Cl)c1/C=N/n1cnnc1. The lowest BCUT2D eigenvalue weighted by Crippen LogP contribution is -1.96. The number of aryl methyl sites for hydroxylation is 1. The Balaban J connectivity index is 1.99. The van der Waals surface area contributed by atoms with E-state index in [-0.39, 0.29) is 0 Å². The lowest BCUT2D eigenvalue weighted by Gasteiger charge is -2.01. The quantitative estimate of drug-likeness (QED) is 0.694. The Morgan fingerprint density at radius 2 is 1.85 bits per heavy atom. The summed E-state index contributed by atoms with van der Waals surface area (Å²) in [5.74, 6) is 0. The molecule has 0 spiro atoms. The van der Waals surface area contributed by atoms with Crippen molar-refractivity contribution < 1.29 is 0 Å². The van der Waals surface area contributed by atoms with Crippen LogP contribution >= 0.6 is 11.6 Å². The summed E-state index contributed by atoms with van der Waals surface area (Å²) >= 11 is 6.37. The second-order valence-electron chi connectivity index (χ2n) is 4.12.